The van der Waals surface area contributed by atoms with Crippen molar-refractivity contribution in [1.29, 1.82) is 0 Å². The lowest BCUT2D eigenvalue weighted by molar-refractivity contribution is 0.0694. The highest BCUT2D eigenvalue weighted by molar-refractivity contribution is 9.10. The van der Waals surface area contributed by atoms with Crippen LogP contribution in [0.2, 0.25) is 0 Å². The van der Waals surface area contributed by atoms with Crippen LogP contribution in [0.5, 0.6) is 5.75 Å². The van der Waals surface area contributed by atoms with Gasteiger partial charge in [0.1, 0.15) is 17.1 Å². The normalized spacial score (nSPS) is 10.5. The van der Waals surface area contributed by atoms with E-state index in [1.807, 2.05) is 6.20 Å². The fourth-order valence-corrected chi connectivity index (χ4v) is 2.53. The van der Waals surface area contributed by atoms with Gasteiger partial charge in [-0.2, -0.15) is 4.98 Å². The number of rotatable bonds is 7. The number of hydrogen-bond acceptors (Lipinski definition) is 7. The number of nitrogens with zero attached hydrogens (tertiary/aromatic N) is 3. The summed E-state index contributed by atoms with van der Waals surface area (Å²) in [5.74, 6) is -0.642. The van der Waals surface area contributed by atoms with E-state index < -0.39 is 5.97 Å². The van der Waals surface area contributed by atoms with E-state index in [9.17, 15) is 9.90 Å². The van der Waals surface area contributed by atoms with E-state index in [1.165, 1.54) is 18.2 Å². The lowest BCUT2D eigenvalue weighted by atomic mass is 10.2. The Kier molecular flexibility index (Phi) is 5.32. The minimum atomic E-state index is -1.22. The van der Waals surface area contributed by atoms with E-state index in [-0.39, 0.29) is 17.3 Å². The van der Waals surface area contributed by atoms with Gasteiger partial charge in [0, 0.05) is 31.0 Å². The van der Waals surface area contributed by atoms with Crippen LogP contribution in [0, 0.1) is 0 Å². The fraction of sp³-hybridized carbons (Fsp3) is 0.125. The summed E-state index contributed by atoms with van der Waals surface area (Å²) in [5, 5.41) is 24.7. The van der Waals surface area contributed by atoms with Crippen molar-refractivity contribution in [3.63, 3.8) is 0 Å². The number of nitrogens with one attached hydrogen (secondary N) is 3. The smallest absolute Gasteiger partial charge is 0.339 e. The largest absolute Gasteiger partial charge is 0.507 e. The third-order valence-corrected chi connectivity index (χ3v) is 4.04. The fourth-order valence-electron chi connectivity index (χ4n) is 2.20. The molecule has 0 unspecified atom stereocenters. The number of carboxylic acid groups (broad SMARTS) is 1. The molecule has 0 amide bonds. The van der Waals surface area contributed by atoms with E-state index in [4.69, 9.17) is 5.11 Å². The molecule has 2 aromatic heterocycles. The summed E-state index contributed by atoms with van der Waals surface area (Å²) in [6, 6.07) is 4.15. The van der Waals surface area contributed by atoms with Crippen LogP contribution < -0.4 is 10.6 Å². The monoisotopic (exact) mass is 418 g/mol. The van der Waals surface area contributed by atoms with Crippen molar-refractivity contribution in [2.75, 3.05) is 17.2 Å². The van der Waals surface area contributed by atoms with Crippen LogP contribution in [0.1, 0.15) is 16.1 Å². The van der Waals surface area contributed by atoms with Crippen LogP contribution in [0.25, 0.3) is 0 Å². The van der Waals surface area contributed by atoms with Gasteiger partial charge < -0.3 is 25.8 Å². The number of anilines is 3. The molecule has 1 aromatic carbocycles. The maximum atomic E-state index is 11.1. The quantitative estimate of drug-likeness (QED) is 0.369. The van der Waals surface area contributed by atoms with Gasteiger partial charge in [0.15, 0.2) is 0 Å². The highest BCUT2D eigenvalue weighted by atomic mass is 79.9. The SMILES string of the molecule is O=C(O)c1cc(Nc2ncc(Br)c(NCCc3c[nH]cn3)n2)ccc1O. The van der Waals surface area contributed by atoms with Gasteiger partial charge in [0.2, 0.25) is 5.95 Å². The summed E-state index contributed by atoms with van der Waals surface area (Å²) in [4.78, 5) is 26.7. The molecule has 3 rings (SSSR count). The van der Waals surface area contributed by atoms with Crippen molar-refractivity contribution in [1.82, 2.24) is 19.9 Å². The molecule has 0 bridgehead atoms. The number of aromatic hydroxyl groups is 1. The van der Waals surface area contributed by atoms with Crippen LogP contribution in [-0.2, 0) is 6.42 Å². The van der Waals surface area contributed by atoms with Crippen LogP contribution in [0.4, 0.5) is 17.5 Å². The van der Waals surface area contributed by atoms with Gasteiger partial charge in [-0.05, 0) is 34.1 Å². The summed E-state index contributed by atoms with van der Waals surface area (Å²) in [6.07, 6.45) is 5.77. The van der Waals surface area contributed by atoms with Gasteiger partial charge in [0.05, 0.1) is 16.5 Å². The number of aromatic amines is 1. The number of carbonyl (C=O) groups is 1. The van der Waals surface area contributed by atoms with Crippen molar-refractivity contribution >= 4 is 39.4 Å². The second-order valence-electron chi connectivity index (χ2n) is 5.29. The summed E-state index contributed by atoms with van der Waals surface area (Å²) in [6.45, 7) is 0.627. The molecule has 26 heavy (non-hydrogen) atoms. The summed E-state index contributed by atoms with van der Waals surface area (Å²) in [5.41, 5.74) is 1.18. The van der Waals surface area contributed by atoms with E-state index in [0.717, 1.165) is 12.1 Å². The zero-order valence-corrected chi connectivity index (χ0v) is 15.0. The maximum absolute atomic E-state index is 11.1. The van der Waals surface area contributed by atoms with Crippen molar-refractivity contribution in [2.45, 2.75) is 6.42 Å². The number of imidazole rings is 1. The van der Waals surface area contributed by atoms with Crippen molar-refractivity contribution in [3.8, 4) is 5.75 Å². The first-order valence-corrected chi connectivity index (χ1v) is 8.39. The van der Waals surface area contributed by atoms with Crippen molar-refractivity contribution in [2.24, 2.45) is 0 Å². The Bertz CT molecular complexity index is 916. The van der Waals surface area contributed by atoms with Gasteiger partial charge in [0.25, 0.3) is 0 Å². The van der Waals surface area contributed by atoms with Crippen LogP contribution >= 0.6 is 15.9 Å². The first-order chi connectivity index (χ1) is 12.5. The van der Waals surface area contributed by atoms with E-state index in [2.05, 4.69) is 46.5 Å². The Morgan fingerprint density at radius 1 is 1.31 bits per heavy atom. The van der Waals surface area contributed by atoms with Crippen molar-refractivity contribution < 1.29 is 15.0 Å². The number of benzene rings is 1. The molecular weight excluding hydrogens is 404 g/mol. The lowest BCUT2D eigenvalue weighted by Crippen LogP contribution is -2.09. The molecule has 9 nitrogen and oxygen atoms in total. The Morgan fingerprint density at radius 2 is 2.15 bits per heavy atom. The number of aromatic carboxylic acids is 1. The van der Waals surface area contributed by atoms with Crippen LogP contribution in [-0.4, -0.2) is 42.7 Å². The van der Waals surface area contributed by atoms with Gasteiger partial charge in [-0.15, -0.1) is 0 Å². The van der Waals surface area contributed by atoms with Gasteiger partial charge in [-0.3, -0.25) is 0 Å². The zero-order valence-electron chi connectivity index (χ0n) is 13.4. The Labute approximate surface area is 156 Å². The first kappa shape index (κ1) is 17.7. The van der Waals surface area contributed by atoms with E-state index in [1.54, 1.807) is 12.5 Å². The molecule has 10 heteroatoms. The number of hydrogen-bond donors (Lipinski definition) is 5. The number of H-pyrrole nitrogens is 1. The summed E-state index contributed by atoms with van der Waals surface area (Å²) >= 11 is 3.39. The molecule has 0 saturated carbocycles. The predicted molar refractivity (Wildman–Crippen MR) is 98.9 cm³/mol. The molecule has 0 fully saturated rings. The first-order valence-electron chi connectivity index (χ1n) is 7.60. The molecule has 134 valence electrons. The highest BCUT2D eigenvalue weighted by Crippen LogP contribution is 2.25. The molecular formula is C16H15BrN6O3. The average molecular weight is 419 g/mol. The number of aromatic nitrogens is 4. The second-order valence-corrected chi connectivity index (χ2v) is 6.14. The number of carboxylic acids is 1. The molecule has 3 aromatic rings. The molecule has 5 N–H and O–H groups in total. The minimum absolute atomic E-state index is 0.204. The molecule has 2 heterocycles. The zero-order chi connectivity index (χ0) is 18.5. The van der Waals surface area contributed by atoms with Crippen LogP contribution in [0.15, 0.2) is 41.4 Å². The Morgan fingerprint density at radius 3 is 2.88 bits per heavy atom. The van der Waals surface area contributed by atoms with Gasteiger partial charge in [-0.25, -0.2) is 14.8 Å². The summed E-state index contributed by atoms with van der Waals surface area (Å²) in [7, 11) is 0. The van der Waals surface area contributed by atoms with E-state index >= 15 is 0 Å². The molecule has 0 aliphatic carbocycles. The minimum Gasteiger partial charge on any atom is -0.507 e. The molecule has 0 aliphatic heterocycles. The number of phenols is 1. The maximum Gasteiger partial charge on any atom is 0.339 e. The third kappa shape index (κ3) is 4.28. The van der Waals surface area contributed by atoms with E-state index in [0.29, 0.717) is 22.5 Å². The van der Waals surface area contributed by atoms with Gasteiger partial charge in [-0.1, -0.05) is 0 Å². The topological polar surface area (TPSA) is 136 Å². The van der Waals surface area contributed by atoms with Crippen molar-refractivity contribution in [3.05, 3.63) is 52.7 Å². The Balaban J connectivity index is 1.71. The Hall–Kier alpha value is -3.14. The molecule has 0 spiro atoms. The third-order valence-electron chi connectivity index (χ3n) is 3.46. The molecule has 0 saturated heterocycles. The van der Waals surface area contributed by atoms with Crippen LogP contribution in [0.3, 0.4) is 0 Å². The molecule has 0 aliphatic rings. The average Bonchev–Trinajstić information content (AvgIpc) is 3.12. The van der Waals surface area contributed by atoms with Gasteiger partial charge >= 0.3 is 5.97 Å². The standard InChI is InChI=1S/C16H15BrN6O3/c17-12-7-20-16(22-9-1-2-13(24)11(5-9)15(25)26)23-14(12)19-4-3-10-6-18-8-21-10/h1-2,5-8,24H,3-4H2,(H,18,21)(H,25,26)(H2,19,20,22,23). The second kappa shape index (κ2) is 7.83. The highest BCUT2D eigenvalue weighted by Gasteiger charge is 2.11. The lowest BCUT2D eigenvalue weighted by Gasteiger charge is -2.10. The number of halogens is 1. The summed E-state index contributed by atoms with van der Waals surface area (Å²) < 4.78 is 0.696. The molecule has 0 radical (unpaired) electrons. The molecule has 0 atom stereocenters. The predicted octanol–water partition coefficient (Wildman–Crippen LogP) is 2.76.